The Labute approximate surface area is 106 Å². The molecule has 0 spiro atoms. The third-order valence-corrected chi connectivity index (χ3v) is 4.61. The SMILES string of the molecule is CC1CCCN(C(CN)c2ccc(Cl)s2)C1. The largest absolute Gasteiger partial charge is 0.329 e. The highest BCUT2D eigenvalue weighted by Crippen LogP contribution is 2.32. The Bertz CT molecular complexity index is 340. The molecule has 1 aromatic rings. The van der Waals surface area contributed by atoms with E-state index in [0.29, 0.717) is 12.6 Å². The lowest BCUT2D eigenvalue weighted by molar-refractivity contribution is 0.135. The van der Waals surface area contributed by atoms with E-state index in [-0.39, 0.29) is 0 Å². The number of rotatable bonds is 3. The molecular formula is C12H19ClN2S. The summed E-state index contributed by atoms with van der Waals surface area (Å²) in [6, 6.07) is 4.45. The topological polar surface area (TPSA) is 29.3 Å². The van der Waals surface area contributed by atoms with Gasteiger partial charge in [0.15, 0.2) is 0 Å². The van der Waals surface area contributed by atoms with Crippen molar-refractivity contribution in [3.05, 3.63) is 21.3 Å². The molecule has 0 saturated carbocycles. The molecule has 2 atom stereocenters. The lowest BCUT2D eigenvalue weighted by atomic mass is 9.98. The van der Waals surface area contributed by atoms with E-state index in [2.05, 4.69) is 17.9 Å². The van der Waals surface area contributed by atoms with Gasteiger partial charge in [-0.2, -0.15) is 0 Å². The van der Waals surface area contributed by atoms with Crippen LogP contribution in [0.4, 0.5) is 0 Å². The first-order valence-corrected chi connectivity index (χ1v) is 7.09. The van der Waals surface area contributed by atoms with Crippen molar-refractivity contribution in [2.24, 2.45) is 11.7 Å². The fourth-order valence-electron chi connectivity index (χ4n) is 2.46. The lowest BCUT2D eigenvalue weighted by Crippen LogP contribution is -2.40. The number of nitrogens with zero attached hydrogens (tertiary/aromatic N) is 1. The van der Waals surface area contributed by atoms with Gasteiger partial charge in [0.2, 0.25) is 0 Å². The van der Waals surface area contributed by atoms with Crippen molar-refractivity contribution < 1.29 is 0 Å². The van der Waals surface area contributed by atoms with E-state index in [1.165, 1.54) is 24.3 Å². The average Bonchev–Trinajstić information content (AvgIpc) is 2.66. The maximum Gasteiger partial charge on any atom is 0.0931 e. The van der Waals surface area contributed by atoms with Crippen LogP contribution in [0.2, 0.25) is 4.34 Å². The Morgan fingerprint density at radius 1 is 1.62 bits per heavy atom. The molecule has 0 aliphatic carbocycles. The quantitative estimate of drug-likeness (QED) is 0.903. The third kappa shape index (κ3) is 2.77. The summed E-state index contributed by atoms with van der Waals surface area (Å²) in [6.45, 7) is 5.34. The molecule has 0 amide bonds. The van der Waals surface area contributed by atoms with Crippen molar-refractivity contribution in [3.63, 3.8) is 0 Å². The lowest BCUT2D eigenvalue weighted by Gasteiger charge is -2.36. The predicted molar refractivity (Wildman–Crippen MR) is 71.1 cm³/mol. The molecule has 2 nitrogen and oxygen atoms in total. The zero-order valence-corrected chi connectivity index (χ0v) is 11.2. The number of thiophene rings is 1. The molecule has 2 N–H and O–H groups in total. The van der Waals surface area contributed by atoms with E-state index in [0.717, 1.165) is 16.8 Å². The van der Waals surface area contributed by atoms with Crippen molar-refractivity contribution in [2.45, 2.75) is 25.8 Å². The van der Waals surface area contributed by atoms with Crippen molar-refractivity contribution in [1.29, 1.82) is 0 Å². The van der Waals surface area contributed by atoms with Crippen LogP contribution >= 0.6 is 22.9 Å². The Morgan fingerprint density at radius 2 is 2.44 bits per heavy atom. The highest BCUT2D eigenvalue weighted by atomic mass is 35.5. The summed E-state index contributed by atoms with van der Waals surface area (Å²) in [4.78, 5) is 3.82. The van der Waals surface area contributed by atoms with Gasteiger partial charge in [0, 0.05) is 18.0 Å². The highest BCUT2D eigenvalue weighted by Gasteiger charge is 2.24. The molecule has 1 saturated heterocycles. The van der Waals surface area contributed by atoms with E-state index in [1.807, 2.05) is 6.07 Å². The van der Waals surface area contributed by atoms with Crippen molar-refractivity contribution in [2.75, 3.05) is 19.6 Å². The molecule has 1 aliphatic heterocycles. The Morgan fingerprint density at radius 3 is 3.00 bits per heavy atom. The highest BCUT2D eigenvalue weighted by molar-refractivity contribution is 7.16. The summed E-state index contributed by atoms with van der Waals surface area (Å²) in [7, 11) is 0. The second kappa shape index (κ2) is 5.50. The van der Waals surface area contributed by atoms with Gasteiger partial charge in [0.1, 0.15) is 0 Å². The van der Waals surface area contributed by atoms with Gasteiger partial charge in [-0.15, -0.1) is 11.3 Å². The van der Waals surface area contributed by atoms with Gasteiger partial charge in [0.05, 0.1) is 10.4 Å². The monoisotopic (exact) mass is 258 g/mol. The Balaban J connectivity index is 2.09. The van der Waals surface area contributed by atoms with Crippen LogP contribution in [0.25, 0.3) is 0 Å². The minimum Gasteiger partial charge on any atom is -0.329 e. The van der Waals surface area contributed by atoms with E-state index in [4.69, 9.17) is 17.3 Å². The number of likely N-dealkylation sites (tertiary alicyclic amines) is 1. The predicted octanol–water partition coefficient (Wildman–Crippen LogP) is 3.13. The first-order chi connectivity index (χ1) is 7.70. The van der Waals surface area contributed by atoms with Crippen molar-refractivity contribution >= 4 is 22.9 Å². The molecule has 16 heavy (non-hydrogen) atoms. The van der Waals surface area contributed by atoms with Crippen LogP contribution < -0.4 is 5.73 Å². The molecule has 0 radical (unpaired) electrons. The van der Waals surface area contributed by atoms with Gasteiger partial charge in [-0.1, -0.05) is 18.5 Å². The van der Waals surface area contributed by atoms with Crippen molar-refractivity contribution in [3.8, 4) is 0 Å². The van der Waals surface area contributed by atoms with E-state index in [9.17, 15) is 0 Å². The summed E-state index contributed by atoms with van der Waals surface area (Å²) in [5.41, 5.74) is 5.91. The molecule has 4 heteroatoms. The standard InChI is InChI=1S/C12H19ClN2S/c1-9-3-2-6-15(8-9)10(7-14)11-4-5-12(13)16-11/h4-5,9-10H,2-3,6-8,14H2,1H3. The molecule has 2 heterocycles. The van der Waals surface area contributed by atoms with Gasteiger partial charge in [-0.25, -0.2) is 0 Å². The maximum absolute atomic E-state index is 5.99. The molecule has 2 rings (SSSR count). The van der Waals surface area contributed by atoms with Crippen LogP contribution in [-0.4, -0.2) is 24.5 Å². The number of halogens is 1. The summed E-state index contributed by atoms with van der Waals surface area (Å²) in [5.74, 6) is 0.790. The van der Waals surface area contributed by atoms with Gasteiger partial charge in [-0.05, 0) is 37.4 Å². The Kier molecular flexibility index (Phi) is 4.25. The number of piperidine rings is 1. The van der Waals surface area contributed by atoms with Crippen LogP contribution in [0.1, 0.15) is 30.7 Å². The fourth-order valence-corrected chi connectivity index (χ4v) is 3.67. The first-order valence-electron chi connectivity index (χ1n) is 5.90. The average molecular weight is 259 g/mol. The number of hydrogen-bond donors (Lipinski definition) is 1. The molecule has 2 unspecified atom stereocenters. The van der Waals surface area contributed by atoms with E-state index < -0.39 is 0 Å². The van der Waals surface area contributed by atoms with Crippen LogP contribution in [0.15, 0.2) is 12.1 Å². The van der Waals surface area contributed by atoms with Crippen LogP contribution in [-0.2, 0) is 0 Å². The summed E-state index contributed by atoms with van der Waals surface area (Å²) < 4.78 is 0.860. The van der Waals surface area contributed by atoms with Crippen LogP contribution in [0, 0.1) is 5.92 Å². The normalized spacial score (nSPS) is 24.6. The fraction of sp³-hybridized carbons (Fsp3) is 0.667. The second-order valence-electron chi connectivity index (χ2n) is 4.64. The van der Waals surface area contributed by atoms with Gasteiger partial charge < -0.3 is 5.73 Å². The third-order valence-electron chi connectivity index (χ3n) is 3.27. The zero-order valence-electron chi connectivity index (χ0n) is 9.66. The minimum atomic E-state index is 0.361. The molecule has 1 aromatic heterocycles. The summed E-state index contributed by atoms with van der Waals surface area (Å²) in [6.07, 6.45) is 2.63. The number of hydrogen-bond acceptors (Lipinski definition) is 3. The summed E-state index contributed by atoms with van der Waals surface area (Å²) in [5, 5.41) is 0. The van der Waals surface area contributed by atoms with Crippen LogP contribution in [0.5, 0.6) is 0 Å². The molecule has 1 aliphatic rings. The molecule has 0 aromatic carbocycles. The molecule has 1 fully saturated rings. The second-order valence-corrected chi connectivity index (χ2v) is 6.38. The Hall–Kier alpha value is -0.0900. The molecular weight excluding hydrogens is 240 g/mol. The summed E-state index contributed by atoms with van der Waals surface area (Å²) >= 11 is 7.65. The van der Waals surface area contributed by atoms with Crippen molar-refractivity contribution in [1.82, 2.24) is 4.90 Å². The maximum atomic E-state index is 5.99. The van der Waals surface area contributed by atoms with E-state index >= 15 is 0 Å². The zero-order chi connectivity index (χ0) is 11.5. The minimum absolute atomic E-state index is 0.361. The van der Waals surface area contributed by atoms with E-state index in [1.54, 1.807) is 11.3 Å². The first kappa shape index (κ1) is 12.4. The smallest absolute Gasteiger partial charge is 0.0931 e. The van der Waals surface area contributed by atoms with Gasteiger partial charge in [0.25, 0.3) is 0 Å². The van der Waals surface area contributed by atoms with Gasteiger partial charge >= 0.3 is 0 Å². The number of nitrogens with two attached hydrogens (primary N) is 1. The van der Waals surface area contributed by atoms with Gasteiger partial charge in [-0.3, -0.25) is 4.90 Å². The molecule has 90 valence electrons. The van der Waals surface area contributed by atoms with Crippen LogP contribution in [0.3, 0.4) is 0 Å². The molecule has 0 bridgehead atoms.